The standard InChI is InChI=1S/C7H5N2O/c10-9-5-8-6-3-1-2-4-7(6)9/h1-5H/q+1. The Kier molecular flexibility index (Phi) is 0.917. The second-order valence-electron chi connectivity index (χ2n) is 2.06. The third-order valence-corrected chi connectivity index (χ3v) is 1.42. The number of hydrogen-bond donors (Lipinski definition) is 0. The number of nitrogens with zero attached hydrogens (tertiary/aromatic N) is 2. The molecule has 0 saturated carbocycles. The van der Waals surface area contributed by atoms with Crippen LogP contribution in [0.4, 0.5) is 11.4 Å². The molecular formula is C7H5N2O+. The van der Waals surface area contributed by atoms with Crippen molar-refractivity contribution in [1.29, 1.82) is 0 Å². The maximum atomic E-state index is 10.8. The molecule has 0 saturated heterocycles. The van der Waals surface area contributed by atoms with Gasteiger partial charge in [-0.05, 0) is 17.1 Å². The van der Waals surface area contributed by atoms with Crippen LogP contribution in [0.1, 0.15) is 0 Å². The number of rotatable bonds is 0. The van der Waals surface area contributed by atoms with Crippen molar-refractivity contribution in [3.63, 3.8) is 0 Å². The van der Waals surface area contributed by atoms with Gasteiger partial charge in [0.05, 0.1) is 0 Å². The summed E-state index contributed by atoms with van der Waals surface area (Å²) >= 11 is 0. The fourth-order valence-electron chi connectivity index (χ4n) is 0.937. The Balaban J connectivity index is 2.70. The van der Waals surface area contributed by atoms with E-state index in [0.29, 0.717) is 5.69 Å². The Hall–Kier alpha value is -1.51. The van der Waals surface area contributed by atoms with Crippen molar-refractivity contribution < 1.29 is 4.76 Å². The summed E-state index contributed by atoms with van der Waals surface area (Å²) in [6.07, 6.45) is 1.27. The van der Waals surface area contributed by atoms with E-state index < -0.39 is 0 Å². The lowest BCUT2D eigenvalue weighted by Crippen LogP contribution is -1.88. The first-order valence-electron chi connectivity index (χ1n) is 2.97. The highest BCUT2D eigenvalue weighted by Gasteiger charge is 2.21. The second kappa shape index (κ2) is 1.73. The lowest BCUT2D eigenvalue weighted by Gasteiger charge is -1.82. The molecule has 0 bridgehead atoms. The first-order valence-corrected chi connectivity index (χ1v) is 2.97. The van der Waals surface area contributed by atoms with Crippen molar-refractivity contribution in [1.82, 2.24) is 0 Å². The van der Waals surface area contributed by atoms with Crippen LogP contribution in [0, 0.1) is 4.91 Å². The van der Waals surface area contributed by atoms with Gasteiger partial charge in [0.2, 0.25) is 11.4 Å². The molecule has 1 aromatic carbocycles. The van der Waals surface area contributed by atoms with Crippen molar-refractivity contribution in [3.8, 4) is 0 Å². The van der Waals surface area contributed by atoms with Gasteiger partial charge >= 0.3 is 6.34 Å². The molecule has 0 aliphatic carbocycles. The molecule has 0 spiro atoms. The van der Waals surface area contributed by atoms with Gasteiger partial charge in [0.15, 0.2) is 0 Å². The van der Waals surface area contributed by atoms with Crippen molar-refractivity contribution >= 4 is 17.7 Å². The lowest BCUT2D eigenvalue weighted by molar-refractivity contribution is -0.314. The van der Waals surface area contributed by atoms with E-state index in [1.807, 2.05) is 18.2 Å². The first-order chi connectivity index (χ1) is 4.88. The topological polar surface area (TPSA) is 32.4 Å². The van der Waals surface area contributed by atoms with E-state index in [-0.39, 0.29) is 0 Å². The van der Waals surface area contributed by atoms with E-state index in [0.717, 1.165) is 10.4 Å². The first kappa shape index (κ1) is 5.29. The molecule has 1 aliphatic rings. The Morgan fingerprint density at radius 2 is 2.10 bits per heavy atom. The van der Waals surface area contributed by atoms with Crippen molar-refractivity contribution in [2.75, 3.05) is 0 Å². The van der Waals surface area contributed by atoms with Gasteiger partial charge in [0.25, 0.3) is 0 Å². The van der Waals surface area contributed by atoms with Gasteiger partial charge in [-0.25, -0.2) is 0 Å². The highest BCUT2D eigenvalue weighted by molar-refractivity contribution is 5.71. The minimum Gasteiger partial charge on any atom is -0.0593 e. The van der Waals surface area contributed by atoms with E-state index in [4.69, 9.17) is 0 Å². The lowest BCUT2D eigenvalue weighted by atomic mass is 10.3. The monoisotopic (exact) mass is 133 g/mol. The van der Waals surface area contributed by atoms with E-state index in [1.54, 1.807) is 6.07 Å². The molecule has 0 N–H and O–H groups in total. The van der Waals surface area contributed by atoms with E-state index in [9.17, 15) is 4.91 Å². The van der Waals surface area contributed by atoms with Crippen molar-refractivity contribution in [2.24, 2.45) is 4.99 Å². The molecule has 1 aromatic rings. The predicted molar refractivity (Wildman–Crippen MR) is 37.9 cm³/mol. The average molecular weight is 133 g/mol. The molecule has 10 heavy (non-hydrogen) atoms. The molecule has 48 valence electrons. The van der Waals surface area contributed by atoms with E-state index in [1.165, 1.54) is 6.34 Å². The van der Waals surface area contributed by atoms with Crippen LogP contribution in [0.3, 0.4) is 0 Å². The molecular weight excluding hydrogens is 128 g/mol. The van der Waals surface area contributed by atoms with Gasteiger partial charge in [-0.3, -0.25) is 0 Å². The summed E-state index contributed by atoms with van der Waals surface area (Å²) in [6, 6.07) is 7.23. The molecule has 0 atom stereocenters. The van der Waals surface area contributed by atoms with Gasteiger partial charge < -0.3 is 0 Å². The SMILES string of the molecule is O=[N+]1C=Nc2ccccc21. The van der Waals surface area contributed by atoms with E-state index in [2.05, 4.69) is 4.99 Å². The third kappa shape index (κ3) is 0.572. The van der Waals surface area contributed by atoms with Crippen LogP contribution in [0.2, 0.25) is 0 Å². The minimum atomic E-state index is 0.627. The van der Waals surface area contributed by atoms with Gasteiger partial charge in [-0.2, -0.15) is 0 Å². The molecule has 1 heterocycles. The molecule has 0 radical (unpaired) electrons. The largest absolute Gasteiger partial charge is 0.331 e. The number of hydrogen-bond acceptors (Lipinski definition) is 2. The van der Waals surface area contributed by atoms with Crippen molar-refractivity contribution in [3.05, 3.63) is 29.2 Å². The number of aliphatic imine (C=N–C) groups is 1. The number of fused-ring (bicyclic) bond motifs is 1. The normalized spacial score (nSPS) is 13.8. The van der Waals surface area contributed by atoms with Crippen LogP contribution < -0.4 is 0 Å². The quantitative estimate of drug-likeness (QED) is 0.496. The van der Waals surface area contributed by atoms with Crippen LogP contribution >= 0.6 is 0 Å². The van der Waals surface area contributed by atoms with Gasteiger partial charge in [-0.15, -0.1) is 0 Å². The fraction of sp³-hybridized carbons (Fsp3) is 0. The molecule has 3 heteroatoms. The van der Waals surface area contributed by atoms with Gasteiger partial charge in [0, 0.05) is 4.76 Å². The Morgan fingerprint density at radius 3 is 2.90 bits per heavy atom. The number of benzene rings is 1. The van der Waals surface area contributed by atoms with Crippen LogP contribution in [-0.4, -0.2) is 11.1 Å². The Bertz CT molecular complexity index is 317. The van der Waals surface area contributed by atoms with Crippen LogP contribution in [0.15, 0.2) is 29.3 Å². The van der Waals surface area contributed by atoms with Gasteiger partial charge in [0.1, 0.15) is 0 Å². The maximum absolute atomic E-state index is 10.8. The summed E-state index contributed by atoms with van der Waals surface area (Å²) in [7, 11) is 0. The van der Waals surface area contributed by atoms with Gasteiger partial charge in [-0.1, -0.05) is 17.0 Å². The summed E-state index contributed by atoms with van der Waals surface area (Å²) in [6.45, 7) is 0. The smallest absolute Gasteiger partial charge is 0.0593 e. The minimum absolute atomic E-state index is 0.627. The van der Waals surface area contributed by atoms with Crippen LogP contribution in [-0.2, 0) is 0 Å². The predicted octanol–water partition coefficient (Wildman–Crippen LogP) is 1.77. The number of para-hydroxylation sites is 2. The zero-order valence-corrected chi connectivity index (χ0v) is 5.19. The van der Waals surface area contributed by atoms with Crippen LogP contribution in [0.5, 0.6) is 0 Å². The molecule has 0 fully saturated rings. The highest BCUT2D eigenvalue weighted by Crippen LogP contribution is 2.29. The summed E-state index contributed by atoms with van der Waals surface area (Å²) in [5, 5.41) is 0. The fourth-order valence-corrected chi connectivity index (χ4v) is 0.937. The zero-order chi connectivity index (χ0) is 6.97. The zero-order valence-electron chi connectivity index (χ0n) is 5.19. The summed E-state index contributed by atoms with van der Waals surface area (Å²) < 4.78 is 0.759. The summed E-state index contributed by atoms with van der Waals surface area (Å²) in [4.78, 5) is 14.7. The Morgan fingerprint density at radius 1 is 1.30 bits per heavy atom. The maximum Gasteiger partial charge on any atom is 0.331 e. The number of nitroso groups, excluding NO2 is 1. The van der Waals surface area contributed by atoms with Crippen molar-refractivity contribution in [2.45, 2.75) is 0 Å². The highest BCUT2D eigenvalue weighted by atomic mass is 16.3. The molecule has 1 aliphatic heterocycles. The molecule has 2 rings (SSSR count). The second-order valence-corrected chi connectivity index (χ2v) is 2.06. The molecule has 0 amide bonds. The van der Waals surface area contributed by atoms with E-state index >= 15 is 0 Å². The molecule has 0 unspecified atom stereocenters. The molecule has 0 aromatic heterocycles. The summed E-state index contributed by atoms with van der Waals surface area (Å²) in [5.74, 6) is 0. The Labute approximate surface area is 57.6 Å². The third-order valence-electron chi connectivity index (χ3n) is 1.42. The average Bonchev–Trinajstić information content (AvgIpc) is 2.34. The molecule has 3 nitrogen and oxygen atoms in total. The summed E-state index contributed by atoms with van der Waals surface area (Å²) in [5.41, 5.74) is 1.38. The van der Waals surface area contributed by atoms with Crippen LogP contribution in [0.25, 0.3) is 0 Å².